The molecule has 0 amide bonds. The lowest BCUT2D eigenvalue weighted by Crippen LogP contribution is -2.24. The van der Waals surface area contributed by atoms with Crippen LogP contribution in [0.3, 0.4) is 0 Å². The average molecular weight is 286 g/mol. The van der Waals surface area contributed by atoms with E-state index in [1.165, 1.54) is 0 Å². The van der Waals surface area contributed by atoms with E-state index in [1.807, 2.05) is 6.07 Å². The van der Waals surface area contributed by atoms with Gasteiger partial charge in [0.15, 0.2) is 0 Å². The van der Waals surface area contributed by atoms with Crippen LogP contribution in [0.15, 0.2) is 23.4 Å². The summed E-state index contributed by atoms with van der Waals surface area (Å²) in [5.74, 6) is -0.932. The summed E-state index contributed by atoms with van der Waals surface area (Å²) in [6, 6.07) is 3.65. The Labute approximate surface area is 116 Å². The van der Waals surface area contributed by atoms with Crippen molar-refractivity contribution in [1.82, 2.24) is 4.98 Å². The minimum atomic E-state index is -0.677. The van der Waals surface area contributed by atoms with Gasteiger partial charge in [-0.25, -0.2) is 4.98 Å². The molecule has 98 valence electrons. The molecule has 1 N–H and O–H groups in total. The Morgan fingerprint density at radius 2 is 2.11 bits per heavy atom. The molecule has 1 aromatic heterocycles. The van der Waals surface area contributed by atoms with Gasteiger partial charge < -0.3 is 5.11 Å². The maximum atomic E-state index is 11.3. The van der Waals surface area contributed by atoms with Crippen molar-refractivity contribution in [2.75, 3.05) is 0 Å². The molecule has 0 aromatic carbocycles. The lowest BCUT2D eigenvalue weighted by molar-refractivity contribution is -0.141. The Bertz CT molecular complexity index is 410. The van der Waals surface area contributed by atoms with E-state index in [4.69, 9.17) is 11.6 Å². The molecule has 1 aliphatic carbocycles. The molecular weight excluding hydrogens is 270 g/mol. The summed E-state index contributed by atoms with van der Waals surface area (Å²) in [6.07, 6.45) is 6.59. The number of carboxylic acids is 1. The Hall–Kier alpha value is -0.740. The first-order valence-corrected chi connectivity index (χ1v) is 7.43. The second kappa shape index (κ2) is 6.43. The predicted octanol–water partition coefficient (Wildman–Crippen LogP) is 3.86. The number of rotatable bonds is 3. The maximum absolute atomic E-state index is 11.3. The highest BCUT2D eigenvalue weighted by Crippen LogP contribution is 2.36. The van der Waals surface area contributed by atoms with Crippen molar-refractivity contribution in [3.63, 3.8) is 0 Å². The minimum absolute atomic E-state index is 0.124. The third-order valence-electron chi connectivity index (χ3n) is 3.24. The van der Waals surface area contributed by atoms with Gasteiger partial charge in [0.25, 0.3) is 0 Å². The number of aromatic nitrogens is 1. The van der Waals surface area contributed by atoms with Crippen LogP contribution in [-0.4, -0.2) is 21.3 Å². The van der Waals surface area contributed by atoms with Crippen molar-refractivity contribution in [2.45, 2.75) is 42.4 Å². The van der Waals surface area contributed by atoms with Crippen LogP contribution >= 0.6 is 23.4 Å². The molecule has 0 spiro atoms. The van der Waals surface area contributed by atoms with E-state index in [1.54, 1.807) is 24.0 Å². The SMILES string of the molecule is O=C(O)C1CCCCCC1Sc1ccc(Cl)cn1. The van der Waals surface area contributed by atoms with Gasteiger partial charge in [-0.1, -0.05) is 30.9 Å². The number of thioether (sulfide) groups is 1. The van der Waals surface area contributed by atoms with Crippen LogP contribution in [0.4, 0.5) is 0 Å². The number of hydrogen-bond acceptors (Lipinski definition) is 3. The summed E-state index contributed by atoms with van der Waals surface area (Å²) < 4.78 is 0. The molecule has 0 bridgehead atoms. The van der Waals surface area contributed by atoms with Crippen LogP contribution in [0.25, 0.3) is 0 Å². The summed E-state index contributed by atoms with van der Waals surface area (Å²) >= 11 is 7.37. The molecule has 2 atom stereocenters. The first-order valence-electron chi connectivity index (χ1n) is 6.18. The van der Waals surface area contributed by atoms with Crippen molar-refractivity contribution >= 4 is 29.3 Å². The highest BCUT2D eigenvalue weighted by molar-refractivity contribution is 7.99. The Morgan fingerprint density at radius 3 is 2.78 bits per heavy atom. The van der Waals surface area contributed by atoms with Crippen molar-refractivity contribution in [1.29, 1.82) is 0 Å². The summed E-state index contributed by atoms with van der Waals surface area (Å²) in [6.45, 7) is 0. The maximum Gasteiger partial charge on any atom is 0.307 e. The molecule has 2 rings (SSSR count). The fourth-order valence-electron chi connectivity index (χ4n) is 2.28. The molecule has 1 fully saturated rings. The summed E-state index contributed by atoms with van der Waals surface area (Å²) in [5, 5.41) is 10.9. The van der Waals surface area contributed by atoms with E-state index in [-0.39, 0.29) is 11.2 Å². The first kappa shape index (κ1) is 13.7. The molecule has 1 heterocycles. The van der Waals surface area contributed by atoms with Gasteiger partial charge in [-0.05, 0) is 25.0 Å². The fourth-order valence-corrected chi connectivity index (χ4v) is 3.67. The predicted molar refractivity (Wildman–Crippen MR) is 73.1 cm³/mol. The molecule has 0 radical (unpaired) electrons. The van der Waals surface area contributed by atoms with Gasteiger partial charge in [-0.3, -0.25) is 4.79 Å². The smallest absolute Gasteiger partial charge is 0.307 e. The van der Waals surface area contributed by atoms with E-state index in [0.717, 1.165) is 37.1 Å². The second-order valence-corrected chi connectivity index (χ2v) is 6.25. The number of pyridine rings is 1. The zero-order valence-corrected chi connectivity index (χ0v) is 11.6. The number of hydrogen-bond donors (Lipinski definition) is 1. The summed E-state index contributed by atoms with van der Waals surface area (Å²) in [4.78, 5) is 15.5. The fraction of sp³-hybridized carbons (Fsp3) is 0.538. The highest BCUT2D eigenvalue weighted by atomic mass is 35.5. The largest absolute Gasteiger partial charge is 0.481 e. The number of carbonyl (C=O) groups is 1. The first-order chi connectivity index (χ1) is 8.66. The molecule has 2 unspecified atom stereocenters. The minimum Gasteiger partial charge on any atom is -0.481 e. The van der Waals surface area contributed by atoms with E-state index in [0.29, 0.717) is 5.02 Å². The number of halogens is 1. The molecule has 0 aliphatic heterocycles. The van der Waals surface area contributed by atoms with Crippen LogP contribution in [-0.2, 0) is 4.79 Å². The van der Waals surface area contributed by atoms with Gasteiger partial charge in [0.1, 0.15) is 0 Å². The average Bonchev–Trinajstić information content (AvgIpc) is 2.57. The Balaban J connectivity index is 2.08. The monoisotopic (exact) mass is 285 g/mol. The highest BCUT2D eigenvalue weighted by Gasteiger charge is 2.30. The van der Waals surface area contributed by atoms with Gasteiger partial charge in [-0.15, -0.1) is 11.8 Å². The van der Waals surface area contributed by atoms with Crippen LogP contribution < -0.4 is 0 Å². The van der Waals surface area contributed by atoms with E-state index in [9.17, 15) is 9.90 Å². The Morgan fingerprint density at radius 1 is 1.33 bits per heavy atom. The topological polar surface area (TPSA) is 50.2 Å². The molecule has 1 aliphatic rings. The summed E-state index contributed by atoms with van der Waals surface area (Å²) in [5.41, 5.74) is 0. The van der Waals surface area contributed by atoms with Crippen LogP contribution in [0, 0.1) is 5.92 Å². The zero-order valence-electron chi connectivity index (χ0n) is 10.0. The molecule has 1 saturated carbocycles. The third-order valence-corrected chi connectivity index (χ3v) is 4.82. The lowest BCUT2D eigenvalue weighted by atomic mass is 10.0. The van der Waals surface area contributed by atoms with Crippen LogP contribution in [0.1, 0.15) is 32.1 Å². The molecule has 3 nitrogen and oxygen atoms in total. The summed E-state index contributed by atoms with van der Waals surface area (Å²) in [7, 11) is 0. The van der Waals surface area contributed by atoms with Crippen molar-refractivity contribution in [3.8, 4) is 0 Å². The quantitative estimate of drug-likeness (QED) is 0.857. The molecule has 18 heavy (non-hydrogen) atoms. The van der Waals surface area contributed by atoms with Gasteiger partial charge in [-0.2, -0.15) is 0 Å². The number of aliphatic carboxylic acids is 1. The van der Waals surface area contributed by atoms with Gasteiger partial charge in [0, 0.05) is 11.4 Å². The third kappa shape index (κ3) is 3.62. The van der Waals surface area contributed by atoms with Crippen molar-refractivity contribution in [2.24, 2.45) is 5.92 Å². The van der Waals surface area contributed by atoms with E-state index < -0.39 is 5.97 Å². The second-order valence-electron chi connectivity index (χ2n) is 4.55. The molecule has 1 aromatic rings. The van der Waals surface area contributed by atoms with Gasteiger partial charge in [0.05, 0.1) is 16.0 Å². The van der Waals surface area contributed by atoms with Crippen LogP contribution in [0.5, 0.6) is 0 Å². The van der Waals surface area contributed by atoms with E-state index >= 15 is 0 Å². The number of nitrogens with zero attached hydrogens (tertiary/aromatic N) is 1. The Kier molecular flexibility index (Phi) is 4.89. The molecule has 0 saturated heterocycles. The normalized spacial score (nSPS) is 24.5. The molecule has 5 heteroatoms. The van der Waals surface area contributed by atoms with Crippen LogP contribution in [0.2, 0.25) is 5.02 Å². The van der Waals surface area contributed by atoms with Crippen molar-refractivity contribution < 1.29 is 9.90 Å². The van der Waals surface area contributed by atoms with E-state index in [2.05, 4.69) is 4.98 Å². The lowest BCUT2D eigenvalue weighted by Gasteiger charge is -2.20. The molecular formula is C13H16ClNO2S. The van der Waals surface area contributed by atoms with Gasteiger partial charge >= 0.3 is 5.97 Å². The zero-order chi connectivity index (χ0) is 13.0. The number of carboxylic acid groups (broad SMARTS) is 1. The standard InChI is InChI=1S/C13H16ClNO2S/c14-9-6-7-12(15-8-9)18-11-5-3-1-2-4-10(11)13(16)17/h6-8,10-11H,1-5H2,(H,16,17). The van der Waals surface area contributed by atoms with Crippen molar-refractivity contribution in [3.05, 3.63) is 23.4 Å². The van der Waals surface area contributed by atoms with Gasteiger partial charge in [0.2, 0.25) is 0 Å².